The Kier molecular flexibility index (Phi) is 6.61. The number of hydrogen-bond acceptors (Lipinski definition) is 3. The fourth-order valence-corrected chi connectivity index (χ4v) is 1.76. The van der Waals surface area contributed by atoms with E-state index in [1.807, 2.05) is 0 Å². The molecule has 7 heteroatoms. The third kappa shape index (κ3) is 5.78. The van der Waals surface area contributed by atoms with Crippen molar-refractivity contribution in [3.05, 3.63) is 47.0 Å². The quantitative estimate of drug-likeness (QED) is 0.643. The molecule has 1 aromatic carbocycles. The molecule has 0 saturated carbocycles. The first-order valence-electron chi connectivity index (χ1n) is 6.11. The second-order valence-corrected chi connectivity index (χ2v) is 5.09. The van der Waals surface area contributed by atoms with Crippen LogP contribution in [0.3, 0.4) is 0 Å². The average molecular weight is 355 g/mol. The summed E-state index contributed by atoms with van der Waals surface area (Å²) < 4.78 is 0.838. The van der Waals surface area contributed by atoms with Gasteiger partial charge >= 0.3 is 5.97 Å². The van der Waals surface area contributed by atoms with Gasteiger partial charge in [0, 0.05) is 10.0 Å². The SMILES string of the molecule is C=CCC(NC(=O)CNC(=O)c1ccc(Br)cc1)C(=O)O. The number of rotatable bonds is 7. The summed E-state index contributed by atoms with van der Waals surface area (Å²) in [4.78, 5) is 34.2. The molecule has 1 atom stereocenters. The summed E-state index contributed by atoms with van der Waals surface area (Å²) in [5.74, 6) is -2.13. The van der Waals surface area contributed by atoms with E-state index in [2.05, 4.69) is 33.1 Å². The van der Waals surface area contributed by atoms with Crippen LogP contribution in [-0.4, -0.2) is 35.5 Å². The molecule has 6 nitrogen and oxygen atoms in total. The zero-order valence-corrected chi connectivity index (χ0v) is 12.7. The van der Waals surface area contributed by atoms with E-state index in [1.165, 1.54) is 6.08 Å². The Morgan fingerprint density at radius 1 is 1.29 bits per heavy atom. The summed E-state index contributed by atoms with van der Waals surface area (Å²) in [7, 11) is 0. The van der Waals surface area contributed by atoms with Gasteiger partial charge in [-0.05, 0) is 30.7 Å². The van der Waals surface area contributed by atoms with Gasteiger partial charge in [0.2, 0.25) is 5.91 Å². The van der Waals surface area contributed by atoms with E-state index in [9.17, 15) is 14.4 Å². The Bertz CT molecular complexity index is 542. The summed E-state index contributed by atoms with van der Waals surface area (Å²) in [6.45, 7) is 3.13. The van der Waals surface area contributed by atoms with Crippen molar-refractivity contribution in [3.63, 3.8) is 0 Å². The molecular weight excluding hydrogens is 340 g/mol. The van der Waals surface area contributed by atoms with E-state index < -0.39 is 23.8 Å². The summed E-state index contributed by atoms with van der Waals surface area (Å²) in [6, 6.07) is 5.59. The smallest absolute Gasteiger partial charge is 0.326 e. The van der Waals surface area contributed by atoms with Gasteiger partial charge in [0.15, 0.2) is 0 Å². The molecule has 0 radical (unpaired) electrons. The van der Waals surface area contributed by atoms with Crippen molar-refractivity contribution in [1.82, 2.24) is 10.6 Å². The van der Waals surface area contributed by atoms with Crippen LogP contribution in [0.5, 0.6) is 0 Å². The van der Waals surface area contributed by atoms with Crippen LogP contribution >= 0.6 is 15.9 Å². The second kappa shape index (κ2) is 8.21. The van der Waals surface area contributed by atoms with Crippen molar-refractivity contribution in [3.8, 4) is 0 Å². The minimum atomic E-state index is -1.15. The highest BCUT2D eigenvalue weighted by atomic mass is 79.9. The number of amides is 2. The Hall–Kier alpha value is -2.15. The molecule has 21 heavy (non-hydrogen) atoms. The number of carboxylic acid groups (broad SMARTS) is 1. The molecule has 3 N–H and O–H groups in total. The highest BCUT2D eigenvalue weighted by Crippen LogP contribution is 2.10. The van der Waals surface area contributed by atoms with Crippen molar-refractivity contribution in [2.75, 3.05) is 6.54 Å². The van der Waals surface area contributed by atoms with Gasteiger partial charge in [-0.25, -0.2) is 4.79 Å². The van der Waals surface area contributed by atoms with Gasteiger partial charge in [0.25, 0.3) is 5.91 Å². The third-order valence-corrected chi connectivity index (χ3v) is 3.08. The topological polar surface area (TPSA) is 95.5 Å². The number of benzene rings is 1. The van der Waals surface area contributed by atoms with Crippen molar-refractivity contribution >= 4 is 33.7 Å². The predicted molar refractivity (Wildman–Crippen MR) is 80.9 cm³/mol. The maximum Gasteiger partial charge on any atom is 0.326 e. The highest BCUT2D eigenvalue weighted by molar-refractivity contribution is 9.10. The van der Waals surface area contributed by atoms with Crippen LogP contribution in [0, 0.1) is 0 Å². The number of hydrogen-bond donors (Lipinski definition) is 3. The van der Waals surface area contributed by atoms with Gasteiger partial charge in [0.1, 0.15) is 6.04 Å². The van der Waals surface area contributed by atoms with E-state index in [0.29, 0.717) is 5.56 Å². The molecule has 1 aromatic rings. The van der Waals surface area contributed by atoms with E-state index in [0.717, 1.165) is 4.47 Å². The standard InChI is InChI=1S/C14H15BrN2O4/c1-2-3-11(14(20)21)17-12(18)8-16-13(19)9-4-6-10(15)7-5-9/h2,4-7,11H,1,3,8H2,(H,16,19)(H,17,18)(H,20,21). The largest absolute Gasteiger partial charge is 0.480 e. The average Bonchev–Trinajstić information content (AvgIpc) is 2.45. The van der Waals surface area contributed by atoms with Crippen LogP contribution in [0.2, 0.25) is 0 Å². The molecule has 0 bridgehead atoms. The van der Waals surface area contributed by atoms with Gasteiger partial charge in [-0.1, -0.05) is 22.0 Å². The van der Waals surface area contributed by atoms with Crippen molar-refractivity contribution in [1.29, 1.82) is 0 Å². The Morgan fingerprint density at radius 2 is 1.90 bits per heavy atom. The monoisotopic (exact) mass is 354 g/mol. The first-order valence-corrected chi connectivity index (χ1v) is 6.90. The van der Waals surface area contributed by atoms with Crippen molar-refractivity contribution in [2.45, 2.75) is 12.5 Å². The Labute approximate surface area is 130 Å². The highest BCUT2D eigenvalue weighted by Gasteiger charge is 2.18. The first kappa shape index (κ1) is 16.9. The van der Waals surface area contributed by atoms with E-state index in [1.54, 1.807) is 24.3 Å². The lowest BCUT2D eigenvalue weighted by Crippen LogP contribution is -2.45. The molecular formula is C14H15BrN2O4. The zero-order chi connectivity index (χ0) is 15.8. The summed E-state index contributed by atoms with van der Waals surface area (Å²) in [5, 5.41) is 13.6. The van der Waals surface area contributed by atoms with Gasteiger partial charge in [0.05, 0.1) is 6.54 Å². The van der Waals surface area contributed by atoms with Gasteiger partial charge in [-0.3, -0.25) is 9.59 Å². The number of nitrogens with one attached hydrogen (secondary N) is 2. The van der Waals surface area contributed by atoms with Gasteiger partial charge in [-0.2, -0.15) is 0 Å². The molecule has 0 fully saturated rings. The molecule has 1 rings (SSSR count). The number of aliphatic carboxylic acids is 1. The molecule has 0 aromatic heterocycles. The molecule has 0 spiro atoms. The second-order valence-electron chi connectivity index (χ2n) is 4.17. The molecule has 0 aliphatic carbocycles. The molecule has 112 valence electrons. The maximum absolute atomic E-state index is 11.8. The molecule has 0 heterocycles. The van der Waals surface area contributed by atoms with Crippen LogP contribution in [0.1, 0.15) is 16.8 Å². The van der Waals surface area contributed by atoms with Crippen LogP contribution in [0.15, 0.2) is 41.4 Å². The van der Waals surface area contributed by atoms with E-state index in [4.69, 9.17) is 5.11 Å². The van der Waals surface area contributed by atoms with E-state index >= 15 is 0 Å². The summed E-state index contributed by atoms with van der Waals surface area (Å²) >= 11 is 3.25. The minimum Gasteiger partial charge on any atom is -0.480 e. The lowest BCUT2D eigenvalue weighted by atomic mass is 10.2. The van der Waals surface area contributed by atoms with Crippen LogP contribution in [0.25, 0.3) is 0 Å². The zero-order valence-electron chi connectivity index (χ0n) is 11.1. The number of carboxylic acids is 1. The van der Waals surface area contributed by atoms with Gasteiger partial charge < -0.3 is 15.7 Å². The predicted octanol–water partition coefficient (Wildman–Crippen LogP) is 1.32. The molecule has 0 saturated heterocycles. The fraction of sp³-hybridized carbons (Fsp3) is 0.214. The summed E-state index contributed by atoms with van der Waals surface area (Å²) in [5.41, 5.74) is 0.409. The number of carbonyl (C=O) groups is 3. The first-order chi connectivity index (χ1) is 9.93. The Morgan fingerprint density at radius 3 is 2.43 bits per heavy atom. The minimum absolute atomic E-state index is 0.113. The number of carbonyl (C=O) groups excluding carboxylic acids is 2. The van der Waals surface area contributed by atoms with Crippen molar-refractivity contribution in [2.24, 2.45) is 0 Å². The molecule has 2 amide bonds. The fourth-order valence-electron chi connectivity index (χ4n) is 1.50. The van der Waals surface area contributed by atoms with E-state index in [-0.39, 0.29) is 13.0 Å². The van der Waals surface area contributed by atoms with Crippen LogP contribution in [0.4, 0.5) is 0 Å². The number of halogens is 1. The lowest BCUT2D eigenvalue weighted by molar-refractivity contribution is -0.141. The maximum atomic E-state index is 11.8. The van der Waals surface area contributed by atoms with Crippen LogP contribution < -0.4 is 10.6 Å². The van der Waals surface area contributed by atoms with Crippen LogP contribution in [-0.2, 0) is 9.59 Å². The molecule has 1 unspecified atom stereocenters. The lowest BCUT2D eigenvalue weighted by Gasteiger charge is -2.12. The molecule has 0 aliphatic heterocycles. The summed E-state index contributed by atoms with van der Waals surface area (Å²) in [6.07, 6.45) is 1.52. The normalized spacial score (nSPS) is 11.3. The van der Waals surface area contributed by atoms with Crippen molar-refractivity contribution < 1.29 is 19.5 Å². The van der Waals surface area contributed by atoms with Gasteiger partial charge in [-0.15, -0.1) is 6.58 Å². The molecule has 0 aliphatic rings. The third-order valence-electron chi connectivity index (χ3n) is 2.55. The Balaban J connectivity index is 2.48.